The predicted molar refractivity (Wildman–Crippen MR) is 51.6 cm³/mol. The summed E-state index contributed by atoms with van der Waals surface area (Å²) in [4.78, 5) is 0. The number of aliphatic hydroxyl groups excluding tert-OH is 1. The van der Waals surface area contributed by atoms with Crippen molar-refractivity contribution < 1.29 is 9.63 Å². The van der Waals surface area contributed by atoms with Crippen molar-refractivity contribution in [2.45, 2.75) is 25.4 Å². The predicted octanol–water partition coefficient (Wildman–Crippen LogP) is 2.11. The third kappa shape index (κ3) is 2.03. The SMILES string of the molecule is C[C@]1(OPI)C[C@H](CO)C1. The van der Waals surface area contributed by atoms with Crippen LogP contribution in [-0.2, 0) is 4.52 Å². The Hall–Kier alpha value is 1.08. The standard InChI is InChI=1S/C6H12IO2P/c1-6(9-10-7)2-5(3-6)4-8/h5,8,10H,2-4H2,1H3/t5-,6-. The van der Waals surface area contributed by atoms with Gasteiger partial charge in [0.2, 0.25) is 0 Å². The van der Waals surface area contributed by atoms with Crippen LogP contribution in [0.1, 0.15) is 19.8 Å². The lowest BCUT2D eigenvalue weighted by Gasteiger charge is -2.43. The zero-order valence-electron chi connectivity index (χ0n) is 5.93. The highest BCUT2D eigenvalue weighted by Gasteiger charge is 2.40. The van der Waals surface area contributed by atoms with Gasteiger partial charge in [-0.05, 0) is 47.7 Å². The van der Waals surface area contributed by atoms with E-state index in [2.05, 4.69) is 29.0 Å². The van der Waals surface area contributed by atoms with Crippen LogP contribution in [0.3, 0.4) is 0 Å². The second-order valence-electron chi connectivity index (χ2n) is 3.09. The number of aliphatic hydroxyl groups is 1. The lowest BCUT2D eigenvalue weighted by atomic mass is 9.73. The van der Waals surface area contributed by atoms with Crippen LogP contribution in [-0.4, -0.2) is 17.3 Å². The quantitative estimate of drug-likeness (QED) is 0.631. The smallest absolute Gasteiger partial charge is 0.0801 e. The highest BCUT2D eigenvalue weighted by molar-refractivity contribution is 14.2. The summed E-state index contributed by atoms with van der Waals surface area (Å²) in [7, 11) is 0. The molecule has 0 saturated heterocycles. The van der Waals surface area contributed by atoms with Crippen molar-refractivity contribution in [1.29, 1.82) is 0 Å². The average Bonchev–Trinajstić information content (AvgIpc) is 1.83. The molecule has 2 nitrogen and oxygen atoms in total. The van der Waals surface area contributed by atoms with Crippen LogP contribution in [0.25, 0.3) is 0 Å². The summed E-state index contributed by atoms with van der Waals surface area (Å²) >= 11 is 2.23. The topological polar surface area (TPSA) is 29.5 Å². The van der Waals surface area contributed by atoms with E-state index in [0.717, 1.165) is 12.8 Å². The Kier molecular flexibility index (Phi) is 3.35. The molecule has 1 rings (SSSR count). The first-order valence-electron chi connectivity index (χ1n) is 3.35. The molecule has 1 unspecified atom stereocenters. The second kappa shape index (κ2) is 3.65. The molecule has 4 heteroatoms. The van der Waals surface area contributed by atoms with Crippen LogP contribution in [0, 0.1) is 5.92 Å². The van der Waals surface area contributed by atoms with E-state index in [9.17, 15) is 0 Å². The van der Waals surface area contributed by atoms with Gasteiger partial charge < -0.3 is 9.63 Å². The van der Waals surface area contributed by atoms with Gasteiger partial charge in [-0.3, -0.25) is 0 Å². The van der Waals surface area contributed by atoms with Crippen molar-refractivity contribution in [3.05, 3.63) is 0 Å². The van der Waals surface area contributed by atoms with E-state index in [0.29, 0.717) is 19.0 Å². The minimum atomic E-state index is 0.0903. The molecular formula is C6H12IO2P. The van der Waals surface area contributed by atoms with E-state index in [1.807, 2.05) is 0 Å². The monoisotopic (exact) mass is 274 g/mol. The molecule has 0 radical (unpaired) electrons. The van der Waals surface area contributed by atoms with Crippen molar-refractivity contribution in [2.24, 2.45) is 5.92 Å². The summed E-state index contributed by atoms with van der Waals surface area (Å²) in [5.41, 5.74) is 0.0903. The van der Waals surface area contributed by atoms with Crippen LogP contribution >= 0.6 is 28.5 Å². The highest BCUT2D eigenvalue weighted by atomic mass is 127. The van der Waals surface area contributed by atoms with E-state index in [1.165, 1.54) is 0 Å². The summed E-state index contributed by atoms with van der Waals surface area (Å²) in [5, 5.41) is 8.73. The van der Waals surface area contributed by atoms with E-state index in [-0.39, 0.29) is 5.60 Å². The normalized spacial score (nSPS) is 40.5. The first kappa shape index (κ1) is 9.17. The van der Waals surface area contributed by atoms with E-state index >= 15 is 0 Å². The Morgan fingerprint density at radius 3 is 2.80 bits per heavy atom. The third-order valence-corrected chi connectivity index (χ3v) is 3.21. The molecule has 1 aliphatic rings. The maximum absolute atomic E-state index is 8.73. The fourth-order valence-electron chi connectivity index (χ4n) is 1.47. The fraction of sp³-hybridized carbons (Fsp3) is 1.00. The van der Waals surface area contributed by atoms with Gasteiger partial charge >= 0.3 is 0 Å². The zero-order chi connectivity index (χ0) is 7.61. The summed E-state index contributed by atoms with van der Waals surface area (Å²) < 4.78 is 5.50. The minimum Gasteiger partial charge on any atom is -0.396 e. The molecule has 0 heterocycles. The molecular weight excluding hydrogens is 262 g/mol. The van der Waals surface area contributed by atoms with Crippen molar-refractivity contribution in [3.8, 4) is 0 Å². The number of hydrogen-bond acceptors (Lipinski definition) is 2. The van der Waals surface area contributed by atoms with Gasteiger partial charge in [-0.2, -0.15) is 0 Å². The van der Waals surface area contributed by atoms with Crippen LogP contribution < -0.4 is 0 Å². The van der Waals surface area contributed by atoms with Gasteiger partial charge in [0.1, 0.15) is 0 Å². The van der Waals surface area contributed by atoms with Gasteiger partial charge in [0.15, 0.2) is 0 Å². The molecule has 1 aliphatic carbocycles. The average molecular weight is 274 g/mol. The van der Waals surface area contributed by atoms with Crippen molar-refractivity contribution in [2.75, 3.05) is 6.61 Å². The molecule has 0 bridgehead atoms. The third-order valence-electron chi connectivity index (χ3n) is 1.98. The van der Waals surface area contributed by atoms with Gasteiger partial charge in [-0.1, -0.05) is 0 Å². The molecule has 0 aromatic carbocycles. The summed E-state index contributed by atoms with van der Waals surface area (Å²) in [6, 6.07) is 0. The lowest BCUT2D eigenvalue weighted by Crippen LogP contribution is -2.43. The Morgan fingerprint density at radius 2 is 2.40 bits per heavy atom. The van der Waals surface area contributed by atoms with Crippen molar-refractivity contribution >= 4 is 28.5 Å². The summed E-state index contributed by atoms with van der Waals surface area (Å²) in [6.45, 7) is 2.99. The van der Waals surface area contributed by atoms with Crippen LogP contribution in [0.2, 0.25) is 0 Å². The Balaban J connectivity index is 2.20. The molecule has 1 saturated carbocycles. The largest absolute Gasteiger partial charge is 0.396 e. The van der Waals surface area contributed by atoms with Crippen LogP contribution in [0.15, 0.2) is 0 Å². The first-order valence-corrected chi connectivity index (χ1v) is 7.37. The molecule has 0 aliphatic heterocycles. The molecule has 10 heavy (non-hydrogen) atoms. The number of halogens is 1. The van der Waals surface area contributed by atoms with Gasteiger partial charge in [0.05, 0.1) is 12.1 Å². The number of rotatable bonds is 3. The maximum Gasteiger partial charge on any atom is 0.0801 e. The fourth-order valence-corrected chi connectivity index (χ4v) is 3.41. The van der Waals surface area contributed by atoms with Gasteiger partial charge in [-0.15, -0.1) is 0 Å². The summed E-state index contributed by atoms with van der Waals surface area (Å²) in [6.07, 6.45) is 2.05. The summed E-state index contributed by atoms with van der Waals surface area (Å²) in [5.74, 6) is 0.498. The van der Waals surface area contributed by atoms with Gasteiger partial charge in [0, 0.05) is 6.61 Å². The molecule has 0 aromatic rings. The van der Waals surface area contributed by atoms with Gasteiger partial charge in [-0.25, -0.2) is 0 Å². The minimum absolute atomic E-state index is 0.0903. The Labute approximate surface area is 76.1 Å². The molecule has 0 aromatic heterocycles. The lowest BCUT2D eigenvalue weighted by molar-refractivity contribution is -0.0398. The molecule has 0 amide bonds. The van der Waals surface area contributed by atoms with Gasteiger partial charge in [0.25, 0.3) is 0 Å². The van der Waals surface area contributed by atoms with Crippen LogP contribution in [0.4, 0.5) is 0 Å². The second-order valence-corrected chi connectivity index (χ2v) is 4.77. The van der Waals surface area contributed by atoms with E-state index < -0.39 is 0 Å². The van der Waals surface area contributed by atoms with E-state index in [1.54, 1.807) is 0 Å². The molecule has 0 spiro atoms. The molecule has 1 fully saturated rings. The Bertz CT molecular complexity index is 114. The highest BCUT2D eigenvalue weighted by Crippen LogP contribution is 2.45. The first-order chi connectivity index (χ1) is 4.70. The van der Waals surface area contributed by atoms with Crippen molar-refractivity contribution in [3.63, 3.8) is 0 Å². The van der Waals surface area contributed by atoms with Crippen LogP contribution in [0.5, 0.6) is 0 Å². The molecule has 60 valence electrons. The maximum atomic E-state index is 8.73. The van der Waals surface area contributed by atoms with E-state index in [4.69, 9.17) is 9.63 Å². The molecule has 1 atom stereocenters. The Morgan fingerprint density at radius 1 is 1.80 bits per heavy atom. The zero-order valence-corrected chi connectivity index (χ0v) is 9.09. The number of hydrogen-bond donors (Lipinski definition) is 1. The molecule has 1 N–H and O–H groups in total. The van der Waals surface area contributed by atoms with Crippen molar-refractivity contribution in [1.82, 2.24) is 0 Å².